The minimum atomic E-state index is -0.421. The summed E-state index contributed by atoms with van der Waals surface area (Å²) in [4.78, 5) is 29.4. The van der Waals surface area contributed by atoms with E-state index >= 15 is 0 Å². The molecule has 4 aromatic rings. The van der Waals surface area contributed by atoms with E-state index in [1.165, 1.54) is 7.11 Å². The lowest BCUT2D eigenvalue weighted by Crippen LogP contribution is -2.13. The van der Waals surface area contributed by atoms with E-state index in [4.69, 9.17) is 9.72 Å². The number of pyridine rings is 1. The van der Waals surface area contributed by atoms with Crippen molar-refractivity contribution in [2.75, 3.05) is 12.4 Å². The first-order valence-corrected chi connectivity index (χ1v) is 9.52. The Morgan fingerprint density at radius 3 is 2.30 bits per heavy atom. The Morgan fingerprint density at radius 2 is 1.60 bits per heavy atom. The molecular weight excluding hydrogens is 376 g/mol. The number of anilines is 1. The third-order valence-corrected chi connectivity index (χ3v) is 4.87. The number of carbonyl (C=O) groups excluding carboxylic acids is 2. The molecule has 0 aliphatic heterocycles. The first-order chi connectivity index (χ1) is 14.5. The van der Waals surface area contributed by atoms with Gasteiger partial charge in [0.25, 0.3) is 5.91 Å². The van der Waals surface area contributed by atoms with E-state index in [1.54, 1.807) is 24.3 Å². The van der Waals surface area contributed by atoms with Crippen molar-refractivity contribution in [1.29, 1.82) is 0 Å². The average Bonchev–Trinajstić information content (AvgIpc) is 2.78. The van der Waals surface area contributed by atoms with Gasteiger partial charge in [-0.15, -0.1) is 0 Å². The summed E-state index contributed by atoms with van der Waals surface area (Å²) in [7, 11) is 1.33. The van der Waals surface area contributed by atoms with Crippen LogP contribution in [0.4, 0.5) is 5.69 Å². The Kier molecular flexibility index (Phi) is 5.26. The van der Waals surface area contributed by atoms with Gasteiger partial charge in [0.05, 0.1) is 29.4 Å². The minimum absolute atomic E-state index is 0.243. The molecule has 1 heterocycles. The summed E-state index contributed by atoms with van der Waals surface area (Å²) in [6, 6.07) is 24.0. The summed E-state index contributed by atoms with van der Waals surface area (Å²) in [5.41, 5.74) is 5.14. The Hall–Kier alpha value is -3.99. The number of hydrogen-bond acceptors (Lipinski definition) is 4. The molecule has 5 heteroatoms. The van der Waals surface area contributed by atoms with E-state index < -0.39 is 5.97 Å². The van der Waals surface area contributed by atoms with Crippen molar-refractivity contribution in [3.05, 3.63) is 95.6 Å². The van der Waals surface area contributed by atoms with Gasteiger partial charge in [-0.3, -0.25) is 4.79 Å². The summed E-state index contributed by atoms with van der Waals surface area (Å²) >= 11 is 0. The summed E-state index contributed by atoms with van der Waals surface area (Å²) in [5.74, 6) is -0.663. The van der Waals surface area contributed by atoms with Gasteiger partial charge in [0.15, 0.2) is 0 Å². The third-order valence-electron chi connectivity index (χ3n) is 4.87. The molecular formula is C25H20N2O3. The zero-order valence-electron chi connectivity index (χ0n) is 16.7. The number of aryl methyl sites for hydroxylation is 1. The first-order valence-electron chi connectivity index (χ1n) is 9.52. The number of carbonyl (C=O) groups is 2. The molecule has 4 rings (SSSR count). The van der Waals surface area contributed by atoms with Crippen LogP contribution in [0.25, 0.3) is 22.2 Å². The van der Waals surface area contributed by atoms with Crippen LogP contribution in [0.5, 0.6) is 0 Å². The number of methoxy groups -OCH3 is 1. The van der Waals surface area contributed by atoms with Gasteiger partial charge in [0.2, 0.25) is 0 Å². The van der Waals surface area contributed by atoms with Crippen molar-refractivity contribution in [3.63, 3.8) is 0 Å². The number of para-hydroxylation sites is 1. The van der Waals surface area contributed by atoms with Crippen molar-refractivity contribution in [2.45, 2.75) is 6.92 Å². The molecule has 1 amide bonds. The van der Waals surface area contributed by atoms with Crippen LogP contribution in [0.3, 0.4) is 0 Å². The number of nitrogens with one attached hydrogen (secondary N) is 1. The van der Waals surface area contributed by atoms with Gasteiger partial charge in [0, 0.05) is 16.6 Å². The molecule has 0 saturated heterocycles. The van der Waals surface area contributed by atoms with E-state index in [-0.39, 0.29) is 5.91 Å². The predicted octanol–water partition coefficient (Wildman–Crippen LogP) is 5.25. The maximum atomic E-state index is 13.1. The van der Waals surface area contributed by atoms with Crippen molar-refractivity contribution < 1.29 is 14.3 Å². The molecule has 0 radical (unpaired) electrons. The van der Waals surface area contributed by atoms with Crippen LogP contribution in [-0.2, 0) is 4.74 Å². The second-order valence-electron chi connectivity index (χ2n) is 6.96. The van der Waals surface area contributed by atoms with Gasteiger partial charge in [-0.1, -0.05) is 48.0 Å². The molecule has 0 atom stereocenters. The Morgan fingerprint density at radius 1 is 0.900 bits per heavy atom. The minimum Gasteiger partial charge on any atom is -0.465 e. The zero-order chi connectivity index (χ0) is 21.1. The monoisotopic (exact) mass is 396 g/mol. The number of benzene rings is 3. The molecule has 5 nitrogen and oxygen atoms in total. The van der Waals surface area contributed by atoms with Gasteiger partial charge in [-0.25, -0.2) is 9.78 Å². The quantitative estimate of drug-likeness (QED) is 0.479. The van der Waals surface area contributed by atoms with Gasteiger partial charge >= 0.3 is 5.97 Å². The van der Waals surface area contributed by atoms with E-state index in [0.29, 0.717) is 16.8 Å². The lowest BCUT2D eigenvalue weighted by Gasteiger charge is -2.11. The second kappa shape index (κ2) is 8.17. The number of ether oxygens (including phenoxy) is 1. The largest absolute Gasteiger partial charge is 0.465 e. The van der Waals surface area contributed by atoms with Crippen LogP contribution in [0.2, 0.25) is 0 Å². The highest BCUT2D eigenvalue weighted by Crippen LogP contribution is 2.26. The fraction of sp³-hybridized carbons (Fsp3) is 0.0800. The SMILES string of the molecule is COC(=O)c1ccc(NC(=O)c2cc(-c3ccc(C)cc3)nc3ccccc23)cc1. The van der Waals surface area contributed by atoms with E-state index in [9.17, 15) is 9.59 Å². The molecule has 1 aromatic heterocycles. The molecule has 0 spiro atoms. The van der Waals surface area contributed by atoms with E-state index in [0.717, 1.165) is 27.7 Å². The number of esters is 1. The predicted molar refractivity (Wildman–Crippen MR) is 118 cm³/mol. The standard InChI is InChI=1S/C25H20N2O3/c1-16-7-9-17(10-8-16)23-15-21(20-5-3-4-6-22(20)27-23)24(28)26-19-13-11-18(12-14-19)25(29)30-2/h3-15H,1-2H3,(H,26,28). The zero-order valence-corrected chi connectivity index (χ0v) is 16.7. The van der Waals surface area contributed by atoms with Crippen LogP contribution < -0.4 is 5.32 Å². The summed E-state index contributed by atoms with van der Waals surface area (Å²) in [5, 5.41) is 3.68. The summed E-state index contributed by atoms with van der Waals surface area (Å²) < 4.78 is 4.70. The van der Waals surface area contributed by atoms with Gasteiger partial charge in [-0.2, -0.15) is 0 Å². The Bertz CT molecular complexity index is 1230. The smallest absolute Gasteiger partial charge is 0.337 e. The molecule has 1 N–H and O–H groups in total. The molecule has 0 aliphatic rings. The van der Waals surface area contributed by atoms with Crippen molar-refractivity contribution >= 4 is 28.5 Å². The lowest BCUT2D eigenvalue weighted by molar-refractivity contribution is 0.0600. The molecule has 0 aliphatic carbocycles. The Labute approximate surface area is 174 Å². The van der Waals surface area contributed by atoms with Crippen LogP contribution in [-0.4, -0.2) is 24.0 Å². The van der Waals surface area contributed by atoms with E-state index in [2.05, 4.69) is 5.32 Å². The molecule has 0 unspecified atom stereocenters. The summed E-state index contributed by atoms with van der Waals surface area (Å²) in [6.45, 7) is 2.03. The Balaban J connectivity index is 1.71. The molecule has 0 bridgehead atoms. The highest BCUT2D eigenvalue weighted by molar-refractivity contribution is 6.13. The number of hydrogen-bond donors (Lipinski definition) is 1. The normalized spacial score (nSPS) is 10.6. The number of nitrogens with zero attached hydrogens (tertiary/aromatic N) is 1. The maximum absolute atomic E-state index is 13.1. The van der Waals surface area contributed by atoms with Crippen LogP contribution in [0, 0.1) is 6.92 Å². The van der Waals surface area contributed by atoms with Crippen LogP contribution in [0.15, 0.2) is 78.9 Å². The number of fused-ring (bicyclic) bond motifs is 1. The molecule has 0 saturated carbocycles. The molecule has 148 valence electrons. The average molecular weight is 396 g/mol. The fourth-order valence-electron chi connectivity index (χ4n) is 3.24. The maximum Gasteiger partial charge on any atom is 0.337 e. The van der Waals surface area contributed by atoms with Gasteiger partial charge < -0.3 is 10.1 Å². The third kappa shape index (κ3) is 3.91. The van der Waals surface area contributed by atoms with Gasteiger partial charge in [0.1, 0.15) is 0 Å². The number of amides is 1. The topological polar surface area (TPSA) is 68.3 Å². The second-order valence-corrected chi connectivity index (χ2v) is 6.96. The summed E-state index contributed by atoms with van der Waals surface area (Å²) in [6.07, 6.45) is 0. The molecule has 0 fully saturated rings. The first kappa shape index (κ1) is 19.3. The number of rotatable bonds is 4. The fourth-order valence-corrected chi connectivity index (χ4v) is 3.24. The van der Waals surface area contributed by atoms with Crippen LogP contribution in [0.1, 0.15) is 26.3 Å². The van der Waals surface area contributed by atoms with E-state index in [1.807, 2.05) is 61.5 Å². The van der Waals surface area contributed by atoms with Crippen molar-refractivity contribution in [1.82, 2.24) is 4.98 Å². The van der Waals surface area contributed by atoms with Gasteiger partial charge in [-0.05, 0) is 43.3 Å². The number of aromatic nitrogens is 1. The van der Waals surface area contributed by atoms with Crippen molar-refractivity contribution in [2.24, 2.45) is 0 Å². The molecule has 30 heavy (non-hydrogen) atoms. The highest BCUT2D eigenvalue weighted by Gasteiger charge is 2.15. The lowest BCUT2D eigenvalue weighted by atomic mass is 10.0. The van der Waals surface area contributed by atoms with Crippen molar-refractivity contribution in [3.8, 4) is 11.3 Å². The van der Waals surface area contributed by atoms with Crippen LogP contribution >= 0.6 is 0 Å². The highest BCUT2D eigenvalue weighted by atomic mass is 16.5. The molecule has 3 aromatic carbocycles.